The van der Waals surface area contributed by atoms with E-state index in [-0.39, 0.29) is 0 Å². The first kappa shape index (κ1) is 9.45. The fourth-order valence-electron chi connectivity index (χ4n) is 2.20. The van der Waals surface area contributed by atoms with Crippen LogP contribution < -0.4 is 4.90 Å². The normalized spacial score (nSPS) is 16.5. The Bertz CT molecular complexity index is 486. The van der Waals surface area contributed by atoms with E-state index in [0.29, 0.717) is 0 Å². The van der Waals surface area contributed by atoms with E-state index in [4.69, 9.17) is 0 Å². The van der Waals surface area contributed by atoms with Crippen LogP contribution in [0.25, 0.3) is 10.9 Å². The summed E-state index contributed by atoms with van der Waals surface area (Å²) in [5.74, 6) is 0. The SMILES string of the molecule is Ic1[nH]nc2c(N3CCCC3)cccc12. The van der Waals surface area contributed by atoms with Crippen LogP contribution in [0.15, 0.2) is 18.2 Å². The van der Waals surface area contributed by atoms with Crippen LogP contribution in [0, 0.1) is 3.70 Å². The molecule has 0 spiro atoms. The lowest BCUT2D eigenvalue weighted by Gasteiger charge is -2.17. The molecule has 0 radical (unpaired) electrons. The van der Waals surface area contributed by atoms with Gasteiger partial charge in [-0.3, -0.25) is 5.10 Å². The van der Waals surface area contributed by atoms with Gasteiger partial charge in [0, 0.05) is 18.5 Å². The minimum absolute atomic E-state index is 1.11. The van der Waals surface area contributed by atoms with E-state index in [1.807, 2.05) is 0 Å². The number of halogens is 1. The smallest absolute Gasteiger partial charge is 0.116 e. The maximum atomic E-state index is 4.39. The summed E-state index contributed by atoms with van der Waals surface area (Å²) < 4.78 is 1.13. The molecule has 1 aromatic carbocycles. The number of para-hydroxylation sites is 1. The van der Waals surface area contributed by atoms with Gasteiger partial charge in [0.15, 0.2) is 0 Å². The molecule has 1 N–H and O–H groups in total. The van der Waals surface area contributed by atoms with Gasteiger partial charge in [0.2, 0.25) is 0 Å². The number of anilines is 1. The van der Waals surface area contributed by atoms with Crippen LogP contribution in [-0.2, 0) is 0 Å². The summed E-state index contributed by atoms with van der Waals surface area (Å²) in [4.78, 5) is 2.43. The number of fused-ring (bicyclic) bond motifs is 1. The van der Waals surface area contributed by atoms with Crippen molar-refractivity contribution in [2.45, 2.75) is 12.8 Å². The zero-order valence-electron chi connectivity index (χ0n) is 8.33. The Balaban J connectivity index is 2.17. The largest absolute Gasteiger partial charge is 0.370 e. The molecule has 0 atom stereocenters. The maximum absolute atomic E-state index is 4.39. The molecule has 1 aliphatic heterocycles. The zero-order valence-corrected chi connectivity index (χ0v) is 10.5. The molecule has 1 fully saturated rings. The van der Waals surface area contributed by atoms with Crippen molar-refractivity contribution >= 4 is 39.2 Å². The Hall–Kier alpha value is -0.780. The summed E-state index contributed by atoms with van der Waals surface area (Å²) in [6, 6.07) is 6.42. The number of nitrogens with one attached hydrogen (secondary N) is 1. The number of hydrogen-bond donors (Lipinski definition) is 1. The number of nitrogens with zero attached hydrogens (tertiary/aromatic N) is 2. The van der Waals surface area contributed by atoms with Crippen LogP contribution in [0.4, 0.5) is 5.69 Å². The third-order valence-corrected chi connectivity index (χ3v) is 3.79. The summed E-state index contributed by atoms with van der Waals surface area (Å²) in [7, 11) is 0. The highest BCUT2D eigenvalue weighted by Crippen LogP contribution is 2.29. The highest BCUT2D eigenvalue weighted by molar-refractivity contribution is 14.1. The van der Waals surface area contributed by atoms with Crippen molar-refractivity contribution in [3.8, 4) is 0 Å². The molecule has 3 rings (SSSR count). The Morgan fingerprint density at radius 3 is 2.87 bits per heavy atom. The Labute approximate surface area is 102 Å². The maximum Gasteiger partial charge on any atom is 0.116 e. The molecule has 1 aliphatic rings. The lowest BCUT2D eigenvalue weighted by Crippen LogP contribution is -2.17. The van der Waals surface area contributed by atoms with E-state index in [1.54, 1.807) is 0 Å². The van der Waals surface area contributed by atoms with Crippen molar-refractivity contribution in [3.05, 3.63) is 21.9 Å². The zero-order chi connectivity index (χ0) is 10.3. The lowest BCUT2D eigenvalue weighted by atomic mass is 10.2. The summed E-state index contributed by atoms with van der Waals surface area (Å²) in [5, 5.41) is 8.68. The molecule has 0 aliphatic carbocycles. The number of hydrogen-bond acceptors (Lipinski definition) is 2. The van der Waals surface area contributed by atoms with Gasteiger partial charge in [-0.05, 0) is 47.6 Å². The first-order valence-electron chi connectivity index (χ1n) is 5.24. The summed E-state index contributed by atoms with van der Waals surface area (Å²) in [5.41, 5.74) is 2.40. The van der Waals surface area contributed by atoms with Crippen LogP contribution in [0.2, 0.25) is 0 Å². The van der Waals surface area contributed by atoms with Crippen LogP contribution in [-0.4, -0.2) is 23.3 Å². The summed E-state index contributed by atoms with van der Waals surface area (Å²) in [6.07, 6.45) is 2.61. The molecule has 0 bridgehead atoms. The van der Waals surface area contributed by atoms with Crippen molar-refractivity contribution in [3.63, 3.8) is 0 Å². The average Bonchev–Trinajstić information content (AvgIpc) is 2.88. The first-order chi connectivity index (χ1) is 7.36. The van der Waals surface area contributed by atoms with Gasteiger partial charge in [0.05, 0.1) is 5.69 Å². The molecule has 1 saturated heterocycles. The van der Waals surface area contributed by atoms with E-state index >= 15 is 0 Å². The van der Waals surface area contributed by atoms with Crippen molar-refractivity contribution < 1.29 is 0 Å². The van der Waals surface area contributed by atoms with Crippen molar-refractivity contribution in [2.75, 3.05) is 18.0 Å². The number of aromatic nitrogens is 2. The second-order valence-electron chi connectivity index (χ2n) is 3.91. The van der Waals surface area contributed by atoms with E-state index in [1.165, 1.54) is 37.0 Å². The summed E-state index contributed by atoms with van der Waals surface area (Å²) >= 11 is 2.30. The van der Waals surface area contributed by atoms with E-state index in [9.17, 15) is 0 Å². The first-order valence-corrected chi connectivity index (χ1v) is 6.32. The average molecular weight is 313 g/mol. The monoisotopic (exact) mass is 313 g/mol. The highest BCUT2D eigenvalue weighted by atomic mass is 127. The lowest BCUT2D eigenvalue weighted by molar-refractivity contribution is 0.949. The van der Waals surface area contributed by atoms with Crippen LogP contribution in [0.3, 0.4) is 0 Å². The van der Waals surface area contributed by atoms with Gasteiger partial charge in [-0.1, -0.05) is 6.07 Å². The van der Waals surface area contributed by atoms with Gasteiger partial charge in [0.1, 0.15) is 9.22 Å². The molecule has 2 heterocycles. The molecule has 0 saturated carbocycles. The highest BCUT2D eigenvalue weighted by Gasteiger charge is 2.16. The molecule has 78 valence electrons. The third kappa shape index (κ3) is 1.51. The van der Waals surface area contributed by atoms with Crippen LogP contribution in [0.5, 0.6) is 0 Å². The van der Waals surface area contributed by atoms with E-state index in [2.05, 4.69) is 55.9 Å². The predicted molar refractivity (Wildman–Crippen MR) is 70.3 cm³/mol. The standard InChI is InChI=1S/C11H12IN3/c12-11-8-4-3-5-9(10(8)13-14-11)15-6-1-2-7-15/h3-5H,1-2,6-7H2,(H,13,14). The van der Waals surface area contributed by atoms with Gasteiger partial charge >= 0.3 is 0 Å². The Morgan fingerprint density at radius 2 is 2.07 bits per heavy atom. The predicted octanol–water partition coefficient (Wildman–Crippen LogP) is 2.77. The molecule has 1 aromatic heterocycles. The quantitative estimate of drug-likeness (QED) is 0.821. The summed E-state index contributed by atoms with van der Waals surface area (Å²) in [6.45, 7) is 2.34. The number of rotatable bonds is 1. The number of H-pyrrole nitrogens is 1. The van der Waals surface area contributed by atoms with Crippen LogP contribution in [0.1, 0.15) is 12.8 Å². The number of benzene rings is 1. The van der Waals surface area contributed by atoms with Gasteiger partial charge in [-0.25, -0.2) is 0 Å². The molecular formula is C11H12IN3. The second kappa shape index (κ2) is 3.66. The minimum Gasteiger partial charge on any atom is -0.370 e. The van der Waals surface area contributed by atoms with Crippen molar-refractivity contribution in [2.24, 2.45) is 0 Å². The van der Waals surface area contributed by atoms with Crippen molar-refractivity contribution in [1.29, 1.82) is 0 Å². The minimum atomic E-state index is 1.11. The van der Waals surface area contributed by atoms with Crippen molar-refractivity contribution in [1.82, 2.24) is 10.2 Å². The molecule has 0 unspecified atom stereocenters. The Kier molecular flexibility index (Phi) is 2.31. The molecule has 0 amide bonds. The van der Waals surface area contributed by atoms with Gasteiger partial charge in [0.25, 0.3) is 0 Å². The van der Waals surface area contributed by atoms with Gasteiger partial charge < -0.3 is 4.90 Å². The fraction of sp³-hybridized carbons (Fsp3) is 0.364. The van der Waals surface area contributed by atoms with Gasteiger partial charge in [-0.2, -0.15) is 5.10 Å². The molecule has 15 heavy (non-hydrogen) atoms. The molecular weight excluding hydrogens is 301 g/mol. The fourth-order valence-corrected chi connectivity index (χ4v) is 2.76. The van der Waals surface area contributed by atoms with Crippen LogP contribution >= 0.6 is 22.6 Å². The van der Waals surface area contributed by atoms with E-state index in [0.717, 1.165) is 9.22 Å². The second-order valence-corrected chi connectivity index (χ2v) is 4.98. The Morgan fingerprint density at radius 1 is 1.27 bits per heavy atom. The molecule has 3 nitrogen and oxygen atoms in total. The van der Waals surface area contributed by atoms with Gasteiger partial charge in [-0.15, -0.1) is 0 Å². The molecule has 2 aromatic rings. The third-order valence-electron chi connectivity index (χ3n) is 2.96. The van der Waals surface area contributed by atoms with E-state index < -0.39 is 0 Å². The number of aromatic amines is 1. The topological polar surface area (TPSA) is 31.9 Å². The molecule has 4 heteroatoms.